The predicted molar refractivity (Wildman–Crippen MR) is 116 cm³/mol. The van der Waals surface area contributed by atoms with Gasteiger partial charge in [-0.15, -0.1) is 0 Å². The lowest BCUT2D eigenvalue weighted by atomic mass is 9.89. The smallest absolute Gasteiger partial charge is 0.269 e. The summed E-state index contributed by atoms with van der Waals surface area (Å²) in [6, 6.07) is 19.3. The van der Waals surface area contributed by atoms with Crippen LogP contribution in [-0.2, 0) is 0 Å². The van der Waals surface area contributed by atoms with Crippen LogP contribution in [0.2, 0.25) is 0 Å². The van der Waals surface area contributed by atoms with Gasteiger partial charge in [-0.3, -0.25) is 19.9 Å². The average molecular weight is 404 g/mol. The van der Waals surface area contributed by atoms with Gasteiger partial charge < -0.3 is 0 Å². The van der Waals surface area contributed by atoms with Crippen LogP contribution in [0.25, 0.3) is 44.3 Å². The second kappa shape index (κ2) is 6.24. The number of non-ortho nitro benzene ring substituents is 1. The summed E-state index contributed by atoms with van der Waals surface area (Å²) >= 11 is 0. The molecule has 0 N–H and O–H groups in total. The molecule has 0 aliphatic heterocycles. The maximum Gasteiger partial charge on any atom is 0.269 e. The van der Waals surface area contributed by atoms with E-state index < -0.39 is 4.92 Å². The molecule has 5 aromatic rings. The first-order valence-corrected chi connectivity index (χ1v) is 9.60. The molecule has 1 aliphatic carbocycles. The van der Waals surface area contributed by atoms with E-state index in [-0.39, 0.29) is 11.5 Å². The minimum Gasteiger partial charge on any atom is -0.287 e. The van der Waals surface area contributed by atoms with Gasteiger partial charge in [-0.1, -0.05) is 18.2 Å². The number of nitrogens with zero attached hydrogens (tertiary/aromatic N) is 4. The maximum atomic E-state index is 13.2. The topological polar surface area (TPSA) is 98.9 Å². The lowest BCUT2D eigenvalue weighted by molar-refractivity contribution is -0.384. The molecule has 0 spiro atoms. The highest BCUT2D eigenvalue weighted by atomic mass is 16.6. The summed E-state index contributed by atoms with van der Waals surface area (Å²) in [6.45, 7) is 0. The molecule has 7 nitrogen and oxygen atoms in total. The molecule has 0 amide bonds. The number of rotatable bonds is 2. The van der Waals surface area contributed by atoms with E-state index in [1.807, 2.05) is 30.3 Å². The summed E-state index contributed by atoms with van der Waals surface area (Å²) in [4.78, 5) is 37.7. The van der Waals surface area contributed by atoms with Crippen molar-refractivity contribution in [3.8, 4) is 22.6 Å². The van der Waals surface area contributed by atoms with Crippen molar-refractivity contribution in [3.63, 3.8) is 0 Å². The Hall–Kier alpha value is -4.52. The van der Waals surface area contributed by atoms with Crippen molar-refractivity contribution in [1.82, 2.24) is 15.0 Å². The van der Waals surface area contributed by atoms with E-state index in [0.29, 0.717) is 33.7 Å². The van der Waals surface area contributed by atoms with Crippen molar-refractivity contribution in [3.05, 3.63) is 94.3 Å². The lowest BCUT2D eigenvalue weighted by Crippen LogP contribution is -2.14. The van der Waals surface area contributed by atoms with E-state index >= 15 is 0 Å². The Labute approximate surface area is 175 Å². The third-order valence-corrected chi connectivity index (χ3v) is 5.55. The Kier molecular flexibility index (Phi) is 3.49. The highest BCUT2D eigenvalue weighted by Gasteiger charge is 2.30. The number of nitro benzene ring substituents is 1. The van der Waals surface area contributed by atoms with E-state index in [2.05, 4.69) is 9.97 Å². The molecule has 0 atom stereocenters. The first-order valence-electron chi connectivity index (χ1n) is 9.60. The van der Waals surface area contributed by atoms with Crippen molar-refractivity contribution >= 4 is 33.1 Å². The molecule has 3 aromatic heterocycles. The van der Waals surface area contributed by atoms with Crippen molar-refractivity contribution < 1.29 is 9.72 Å². The Morgan fingerprint density at radius 2 is 1.61 bits per heavy atom. The SMILES string of the molecule is O=C1c2cccnc2-c2nc(-c3ccc([N+](=O)[O-])cc3)cc3c2c1nc1ccccc13. The number of hydrogen-bond acceptors (Lipinski definition) is 6. The van der Waals surface area contributed by atoms with E-state index in [0.717, 1.165) is 21.9 Å². The fourth-order valence-electron chi connectivity index (χ4n) is 4.11. The van der Waals surface area contributed by atoms with Crippen LogP contribution in [0, 0.1) is 10.1 Å². The van der Waals surface area contributed by atoms with Gasteiger partial charge in [0.25, 0.3) is 5.69 Å². The van der Waals surface area contributed by atoms with E-state index in [1.165, 1.54) is 12.1 Å². The first kappa shape index (κ1) is 17.3. The number of aromatic nitrogens is 3. The number of pyridine rings is 3. The van der Waals surface area contributed by atoms with Crippen LogP contribution in [0.4, 0.5) is 5.69 Å². The summed E-state index contributed by atoms with van der Waals surface area (Å²) in [5.74, 6) is -0.170. The van der Waals surface area contributed by atoms with Gasteiger partial charge in [0.1, 0.15) is 17.1 Å². The molecular weight excluding hydrogens is 392 g/mol. The second-order valence-electron chi connectivity index (χ2n) is 7.29. The fourth-order valence-corrected chi connectivity index (χ4v) is 4.11. The van der Waals surface area contributed by atoms with Gasteiger partial charge in [0, 0.05) is 34.7 Å². The van der Waals surface area contributed by atoms with Crippen LogP contribution >= 0.6 is 0 Å². The van der Waals surface area contributed by atoms with Crippen LogP contribution in [0.3, 0.4) is 0 Å². The van der Waals surface area contributed by atoms with Crippen molar-refractivity contribution in [2.75, 3.05) is 0 Å². The molecule has 0 unspecified atom stereocenters. The summed E-state index contributed by atoms with van der Waals surface area (Å²) < 4.78 is 0. The van der Waals surface area contributed by atoms with Gasteiger partial charge in [0.15, 0.2) is 0 Å². The molecule has 0 radical (unpaired) electrons. The van der Waals surface area contributed by atoms with Gasteiger partial charge in [0.05, 0.1) is 21.7 Å². The molecule has 7 heteroatoms. The zero-order chi connectivity index (χ0) is 21.1. The van der Waals surface area contributed by atoms with Crippen molar-refractivity contribution in [2.45, 2.75) is 0 Å². The minimum absolute atomic E-state index is 0.0143. The Morgan fingerprint density at radius 1 is 0.806 bits per heavy atom. The summed E-state index contributed by atoms with van der Waals surface area (Å²) in [7, 11) is 0. The second-order valence-corrected chi connectivity index (χ2v) is 7.29. The molecule has 0 saturated heterocycles. The van der Waals surface area contributed by atoms with E-state index in [1.54, 1.807) is 30.5 Å². The van der Waals surface area contributed by atoms with Gasteiger partial charge in [0.2, 0.25) is 5.78 Å². The number of carbonyl (C=O) groups is 1. The maximum absolute atomic E-state index is 13.2. The van der Waals surface area contributed by atoms with Crippen LogP contribution in [0.1, 0.15) is 16.1 Å². The number of hydrogen-bond donors (Lipinski definition) is 0. The van der Waals surface area contributed by atoms with Gasteiger partial charge in [-0.05, 0) is 41.8 Å². The number of fused-ring (bicyclic) bond motifs is 4. The van der Waals surface area contributed by atoms with Crippen LogP contribution in [0.5, 0.6) is 0 Å². The molecule has 2 aromatic carbocycles. The number of benzene rings is 2. The molecule has 3 heterocycles. The fraction of sp³-hybridized carbons (Fsp3) is 0. The zero-order valence-corrected chi connectivity index (χ0v) is 15.9. The van der Waals surface area contributed by atoms with Gasteiger partial charge >= 0.3 is 0 Å². The van der Waals surface area contributed by atoms with Crippen molar-refractivity contribution in [1.29, 1.82) is 0 Å². The Bertz CT molecular complexity index is 1580. The van der Waals surface area contributed by atoms with Gasteiger partial charge in [-0.2, -0.15) is 0 Å². The Morgan fingerprint density at radius 3 is 2.42 bits per heavy atom. The number of carbonyl (C=O) groups excluding carboxylic acids is 1. The first-order chi connectivity index (χ1) is 15.1. The predicted octanol–water partition coefficient (Wildman–Crippen LogP) is 4.96. The Balaban J connectivity index is 1.74. The van der Waals surface area contributed by atoms with E-state index in [9.17, 15) is 14.9 Å². The highest BCUT2D eigenvalue weighted by molar-refractivity contribution is 6.27. The minimum atomic E-state index is -0.432. The summed E-state index contributed by atoms with van der Waals surface area (Å²) in [5, 5.41) is 13.5. The normalized spacial score (nSPS) is 12.2. The largest absolute Gasteiger partial charge is 0.287 e. The molecule has 146 valence electrons. The zero-order valence-electron chi connectivity index (χ0n) is 15.9. The standard InChI is InChI=1S/C24H12N4O3/c29-24-16-5-3-11-25-21(16)22-20-17(15-4-1-2-6-18(15)26-23(20)24)12-19(27-22)13-7-9-14(10-8-13)28(30)31/h1-12H. The number of ketones is 1. The molecule has 31 heavy (non-hydrogen) atoms. The van der Waals surface area contributed by atoms with Crippen LogP contribution in [-0.4, -0.2) is 25.7 Å². The molecule has 0 bridgehead atoms. The molecular formula is C24H12N4O3. The van der Waals surface area contributed by atoms with Crippen molar-refractivity contribution in [2.24, 2.45) is 0 Å². The lowest BCUT2D eigenvalue weighted by Gasteiger charge is -2.19. The molecule has 0 saturated carbocycles. The van der Waals surface area contributed by atoms with Crippen LogP contribution < -0.4 is 0 Å². The monoisotopic (exact) mass is 404 g/mol. The van der Waals surface area contributed by atoms with Gasteiger partial charge in [-0.25, -0.2) is 9.97 Å². The summed E-state index contributed by atoms with van der Waals surface area (Å²) in [6.07, 6.45) is 1.64. The molecule has 1 aliphatic rings. The van der Waals surface area contributed by atoms with E-state index in [4.69, 9.17) is 4.98 Å². The average Bonchev–Trinajstić information content (AvgIpc) is 2.82. The molecule has 6 rings (SSSR count). The third-order valence-electron chi connectivity index (χ3n) is 5.55. The quantitative estimate of drug-likeness (QED) is 0.230. The number of para-hydroxylation sites is 1. The highest BCUT2D eigenvalue weighted by Crippen LogP contribution is 2.40. The molecule has 0 fully saturated rings. The van der Waals surface area contributed by atoms with Crippen LogP contribution in [0.15, 0.2) is 72.9 Å². The summed E-state index contributed by atoms with van der Waals surface area (Å²) in [5.41, 5.74) is 4.06. The third kappa shape index (κ3) is 2.47. The number of nitro groups is 1.